The maximum Gasteiger partial charge on any atom is 0.0474 e. The molecule has 4 heteroatoms. The van der Waals surface area contributed by atoms with Crippen molar-refractivity contribution < 1.29 is 0 Å². The molecule has 0 bridgehead atoms. The molecule has 0 aliphatic rings. The highest BCUT2D eigenvalue weighted by Gasteiger charge is 2.08. The highest BCUT2D eigenvalue weighted by atomic mass is 127. The average molecular weight is 355 g/mol. The van der Waals surface area contributed by atoms with Crippen LogP contribution in [0, 0.1) is 3.57 Å². The van der Waals surface area contributed by atoms with Gasteiger partial charge in [-0.1, -0.05) is 0 Å². The van der Waals surface area contributed by atoms with Crippen LogP contribution in [0.1, 0.15) is 5.56 Å². The molecule has 2 aromatic rings. The summed E-state index contributed by atoms with van der Waals surface area (Å²) in [6.45, 7) is 0. The highest BCUT2D eigenvalue weighted by Crippen LogP contribution is 2.36. The van der Waals surface area contributed by atoms with Crippen LogP contribution in [-0.2, 0) is 5.88 Å². The van der Waals surface area contributed by atoms with E-state index in [9.17, 15) is 0 Å². The van der Waals surface area contributed by atoms with Crippen LogP contribution in [0.25, 0.3) is 10.1 Å². The van der Waals surface area contributed by atoms with E-state index in [0.717, 1.165) is 0 Å². The van der Waals surface area contributed by atoms with Gasteiger partial charge in [0.15, 0.2) is 0 Å². The number of benzene rings is 1. The Labute approximate surface area is 110 Å². The quantitative estimate of drug-likeness (QED) is 0.417. The predicted molar refractivity (Wildman–Crippen MR) is 75.9 cm³/mol. The van der Waals surface area contributed by atoms with Crippen molar-refractivity contribution in [1.29, 1.82) is 0 Å². The van der Waals surface area contributed by atoms with Gasteiger partial charge in [-0.3, -0.25) is 0 Å². The van der Waals surface area contributed by atoms with E-state index in [2.05, 4.69) is 46.4 Å². The van der Waals surface area contributed by atoms with Gasteiger partial charge in [0.1, 0.15) is 0 Å². The molecule has 0 atom stereocenters. The van der Waals surface area contributed by atoms with Crippen molar-refractivity contribution in [1.82, 2.24) is 0 Å². The maximum absolute atomic E-state index is 5.84. The zero-order chi connectivity index (χ0) is 10.1. The molecule has 0 aliphatic heterocycles. The summed E-state index contributed by atoms with van der Waals surface area (Å²) in [5, 5.41) is 3.60. The van der Waals surface area contributed by atoms with Crippen molar-refractivity contribution in [3.63, 3.8) is 0 Å². The van der Waals surface area contributed by atoms with Crippen LogP contribution < -0.4 is 0 Å². The van der Waals surface area contributed by atoms with E-state index >= 15 is 0 Å². The minimum Gasteiger partial charge on any atom is -0.143 e. The Morgan fingerprint density at radius 1 is 1.50 bits per heavy atom. The van der Waals surface area contributed by atoms with E-state index in [-0.39, 0.29) is 0 Å². The lowest BCUT2D eigenvalue weighted by Crippen LogP contribution is -1.81. The van der Waals surface area contributed by atoms with Crippen molar-refractivity contribution in [3.05, 3.63) is 26.6 Å². The molecule has 0 N–H and O–H groups in total. The molecule has 1 aromatic heterocycles. The summed E-state index contributed by atoms with van der Waals surface area (Å²) < 4.78 is 2.65. The summed E-state index contributed by atoms with van der Waals surface area (Å²) in [6.07, 6.45) is 2.12. The van der Waals surface area contributed by atoms with Gasteiger partial charge >= 0.3 is 0 Å². The third-order valence-corrected chi connectivity index (χ3v) is 5.03. The maximum atomic E-state index is 5.84. The van der Waals surface area contributed by atoms with Gasteiger partial charge in [-0.05, 0) is 46.5 Å². The molecule has 0 unspecified atom stereocenters. The lowest BCUT2D eigenvalue weighted by molar-refractivity contribution is 1.41. The fourth-order valence-electron chi connectivity index (χ4n) is 1.37. The minimum atomic E-state index is 0.596. The third-order valence-electron chi connectivity index (χ3n) is 2.03. The lowest BCUT2D eigenvalue weighted by atomic mass is 10.2. The Morgan fingerprint density at radius 2 is 2.29 bits per heavy atom. The first-order valence-electron chi connectivity index (χ1n) is 4.06. The van der Waals surface area contributed by atoms with Crippen molar-refractivity contribution in [3.8, 4) is 0 Å². The van der Waals surface area contributed by atoms with Crippen LogP contribution in [0.3, 0.4) is 0 Å². The molecule has 0 aliphatic carbocycles. The van der Waals surface area contributed by atoms with E-state index in [1.165, 1.54) is 24.1 Å². The lowest BCUT2D eigenvalue weighted by Gasteiger charge is -2.01. The van der Waals surface area contributed by atoms with Crippen LogP contribution in [0.15, 0.2) is 22.4 Å². The van der Waals surface area contributed by atoms with Crippen LogP contribution in [-0.4, -0.2) is 6.26 Å². The van der Waals surface area contributed by atoms with Crippen LogP contribution in [0.4, 0.5) is 0 Å². The van der Waals surface area contributed by atoms with Gasteiger partial charge in [0.2, 0.25) is 0 Å². The molecule has 0 saturated carbocycles. The van der Waals surface area contributed by atoms with Gasteiger partial charge in [-0.15, -0.1) is 34.7 Å². The summed E-state index contributed by atoms with van der Waals surface area (Å²) in [6, 6.07) is 4.36. The number of hydrogen-bond acceptors (Lipinski definition) is 2. The second-order valence-electron chi connectivity index (χ2n) is 2.89. The summed E-state index contributed by atoms with van der Waals surface area (Å²) in [5.41, 5.74) is 1.21. The molecule has 0 nitrogen and oxygen atoms in total. The molecule has 0 amide bonds. The monoisotopic (exact) mass is 354 g/mol. The fourth-order valence-corrected chi connectivity index (χ4v) is 4.80. The molecular formula is C10H8ClIS2. The Hall–Kier alpha value is 0.550. The molecular weight excluding hydrogens is 347 g/mol. The summed E-state index contributed by atoms with van der Waals surface area (Å²) in [5.74, 6) is 0.596. The van der Waals surface area contributed by atoms with Crippen molar-refractivity contribution in [2.45, 2.75) is 10.8 Å². The van der Waals surface area contributed by atoms with Crippen molar-refractivity contribution in [2.75, 3.05) is 6.26 Å². The third kappa shape index (κ3) is 1.92. The second kappa shape index (κ2) is 4.60. The number of fused-ring (bicyclic) bond motifs is 1. The summed E-state index contributed by atoms with van der Waals surface area (Å²) >= 11 is 11.8. The molecule has 1 heterocycles. The number of hydrogen-bond donors (Lipinski definition) is 0. The van der Waals surface area contributed by atoms with E-state index in [1.807, 2.05) is 0 Å². The van der Waals surface area contributed by atoms with E-state index in [0.29, 0.717) is 5.88 Å². The normalized spacial score (nSPS) is 11.1. The smallest absolute Gasteiger partial charge is 0.0474 e. The minimum absolute atomic E-state index is 0.596. The predicted octanol–water partition coefficient (Wildman–Crippen LogP) is 4.97. The number of halogens is 2. The number of alkyl halides is 1. The molecule has 0 radical (unpaired) electrons. The van der Waals surface area contributed by atoms with E-state index in [4.69, 9.17) is 11.6 Å². The van der Waals surface area contributed by atoms with Crippen molar-refractivity contribution in [2.24, 2.45) is 0 Å². The standard InChI is InChI=1S/C10H8ClIS2/c1-13-9-5-14-8-3-6(4-11)2-7(12)10(8)9/h2-3,5H,4H2,1H3. The number of rotatable bonds is 2. The summed E-state index contributed by atoms with van der Waals surface area (Å²) in [7, 11) is 0. The van der Waals surface area contributed by atoms with Crippen molar-refractivity contribution >= 4 is 67.4 Å². The van der Waals surface area contributed by atoms with E-state index in [1.54, 1.807) is 23.1 Å². The van der Waals surface area contributed by atoms with Crippen LogP contribution in [0.5, 0.6) is 0 Å². The molecule has 74 valence electrons. The largest absolute Gasteiger partial charge is 0.143 e. The first-order chi connectivity index (χ1) is 6.76. The van der Waals surface area contributed by atoms with E-state index < -0.39 is 0 Å². The molecule has 0 fully saturated rings. The zero-order valence-corrected chi connectivity index (χ0v) is 12.1. The Kier molecular flexibility index (Phi) is 3.63. The van der Waals surface area contributed by atoms with Gasteiger partial charge < -0.3 is 0 Å². The van der Waals surface area contributed by atoms with Crippen LogP contribution in [0.2, 0.25) is 0 Å². The van der Waals surface area contributed by atoms with Gasteiger partial charge in [-0.2, -0.15) is 0 Å². The molecule has 2 rings (SSSR count). The van der Waals surface area contributed by atoms with Gasteiger partial charge in [0.25, 0.3) is 0 Å². The molecule has 1 aromatic carbocycles. The SMILES string of the molecule is CSc1csc2cc(CCl)cc(I)c12. The number of thiophene rings is 1. The summed E-state index contributed by atoms with van der Waals surface area (Å²) in [4.78, 5) is 1.37. The number of thioether (sulfide) groups is 1. The van der Waals surface area contributed by atoms with Gasteiger partial charge in [0.05, 0.1) is 0 Å². The topological polar surface area (TPSA) is 0 Å². The Balaban J connectivity index is 2.72. The molecule has 14 heavy (non-hydrogen) atoms. The van der Waals surface area contributed by atoms with Gasteiger partial charge in [-0.25, -0.2) is 0 Å². The van der Waals surface area contributed by atoms with Crippen LogP contribution >= 0.6 is 57.3 Å². The Morgan fingerprint density at radius 3 is 2.93 bits per heavy atom. The highest BCUT2D eigenvalue weighted by molar-refractivity contribution is 14.1. The second-order valence-corrected chi connectivity index (χ2v) is 6.08. The first-order valence-corrected chi connectivity index (χ1v) is 7.77. The van der Waals surface area contributed by atoms with Gasteiger partial charge in [0, 0.05) is 29.8 Å². The fraction of sp³-hybridized carbons (Fsp3) is 0.200. The molecule has 0 saturated heterocycles. The Bertz CT molecular complexity index is 464. The average Bonchev–Trinajstić information content (AvgIpc) is 2.61. The zero-order valence-electron chi connectivity index (χ0n) is 7.51. The first kappa shape index (κ1) is 11.0. The molecule has 0 spiro atoms.